The van der Waals surface area contributed by atoms with Crippen molar-refractivity contribution in [2.45, 2.75) is 13.8 Å². The first-order chi connectivity index (χ1) is 9.08. The minimum atomic E-state index is -1.05. The quantitative estimate of drug-likeness (QED) is 0.858. The number of hydrogen-bond acceptors (Lipinski definition) is 4. The second kappa shape index (κ2) is 5.85. The summed E-state index contributed by atoms with van der Waals surface area (Å²) < 4.78 is 11.5. The summed E-state index contributed by atoms with van der Waals surface area (Å²) in [6, 6.07) is 8.48. The molecule has 0 aliphatic rings. The van der Waals surface area contributed by atoms with E-state index < -0.39 is 15.7 Å². The van der Waals surface area contributed by atoms with E-state index in [2.05, 4.69) is 15.3 Å². The molecule has 0 unspecified atom stereocenters. The van der Waals surface area contributed by atoms with Crippen molar-refractivity contribution in [3.05, 3.63) is 47.3 Å². The van der Waals surface area contributed by atoms with Gasteiger partial charge in [0.1, 0.15) is 0 Å². The van der Waals surface area contributed by atoms with Gasteiger partial charge in [0, 0.05) is 0 Å². The molecule has 1 amide bonds. The summed E-state index contributed by atoms with van der Waals surface area (Å²) in [6.45, 7) is 3.69. The van der Waals surface area contributed by atoms with Gasteiger partial charge in [-0.15, -0.1) is 0 Å². The van der Waals surface area contributed by atoms with Gasteiger partial charge in [-0.05, 0) is 0 Å². The molecule has 96 valence electrons. The van der Waals surface area contributed by atoms with Crippen LogP contribution in [0.4, 0.5) is 5.95 Å². The third kappa shape index (κ3) is 3.55. The average molecular weight is 317 g/mol. The number of nitrogens with zero attached hydrogens (tertiary/aromatic N) is 2. The molecule has 2 aromatic rings. The van der Waals surface area contributed by atoms with Gasteiger partial charge in [0.05, 0.1) is 0 Å². The number of benzene rings is 1. The number of hydrogen-bond donors (Lipinski definition) is 1. The number of aryl methyl sites for hydroxylation is 2. The molecule has 0 saturated carbocycles. The molecule has 1 aromatic heterocycles. The third-order valence-corrected chi connectivity index (χ3v) is 3.51. The van der Waals surface area contributed by atoms with E-state index in [1.54, 1.807) is 24.3 Å². The number of nitrogens with one attached hydrogen (secondary N) is 1. The zero-order valence-electron chi connectivity index (χ0n) is 10.5. The van der Waals surface area contributed by atoms with Gasteiger partial charge in [0.15, 0.2) is 0 Å². The standard InChI is InChI=1S/C13H12AsN3O2/c1-8-7-9(2)16-13(15-8)17-12(18)10-3-5-11(14-19)6-4-10/h3-7H,1-2H3,(H,15,16,17,18). The van der Waals surface area contributed by atoms with Crippen molar-refractivity contribution < 1.29 is 8.53 Å². The Morgan fingerprint density at radius 2 is 1.68 bits per heavy atom. The maximum absolute atomic E-state index is 12.0. The van der Waals surface area contributed by atoms with Crippen molar-refractivity contribution in [2.75, 3.05) is 5.32 Å². The molecule has 0 aliphatic carbocycles. The van der Waals surface area contributed by atoms with Crippen LogP contribution in [0.1, 0.15) is 21.7 Å². The molecule has 0 bridgehead atoms. The van der Waals surface area contributed by atoms with Gasteiger partial charge in [-0.3, -0.25) is 0 Å². The Hall–Kier alpha value is -1.87. The van der Waals surface area contributed by atoms with Gasteiger partial charge >= 0.3 is 117 Å². The summed E-state index contributed by atoms with van der Waals surface area (Å²) in [5.74, 6) is 0.0143. The Kier molecular flexibility index (Phi) is 4.17. The number of aromatic nitrogens is 2. The predicted octanol–water partition coefficient (Wildman–Crippen LogP) is 1.02. The average Bonchev–Trinajstić information content (AvgIpc) is 2.37. The SMILES string of the molecule is Cc1cc(C)nc(NC(=O)c2ccc([As]=O)cc2)n1. The molecule has 19 heavy (non-hydrogen) atoms. The molecular formula is C13H12AsN3O2. The summed E-state index contributed by atoms with van der Waals surface area (Å²) in [4.78, 5) is 20.3. The molecule has 1 aromatic carbocycles. The molecule has 0 saturated heterocycles. The van der Waals surface area contributed by atoms with Crippen LogP contribution < -0.4 is 9.67 Å². The molecule has 0 aliphatic heterocycles. The van der Waals surface area contributed by atoms with Crippen molar-refractivity contribution in [3.8, 4) is 0 Å². The van der Waals surface area contributed by atoms with Gasteiger partial charge in [0.25, 0.3) is 0 Å². The molecule has 0 fully saturated rings. The molecule has 5 nitrogen and oxygen atoms in total. The van der Waals surface area contributed by atoms with Crippen LogP contribution in [0.5, 0.6) is 0 Å². The fourth-order valence-electron chi connectivity index (χ4n) is 1.63. The Bertz CT molecular complexity index is 606. The molecule has 2 rings (SSSR count). The summed E-state index contributed by atoms with van der Waals surface area (Å²) >= 11 is -1.05. The van der Waals surface area contributed by atoms with E-state index in [-0.39, 0.29) is 5.91 Å². The summed E-state index contributed by atoms with van der Waals surface area (Å²) in [5.41, 5.74) is 2.09. The second-order valence-corrected chi connectivity index (χ2v) is 5.53. The van der Waals surface area contributed by atoms with Gasteiger partial charge in [-0.25, -0.2) is 0 Å². The molecule has 0 atom stereocenters. The van der Waals surface area contributed by atoms with Crippen LogP contribution in [0.25, 0.3) is 0 Å². The molecule has 0 radical (unpaired) electrons. The Morgan fingerprint density at radius 1 is 1.11 bits per heavy atom. The first-order valence-corrected chi connectivity index (χ1v) is 7.36. The van der Waals surface area contributed by atoms with E-state index >= 15 is 0 Å². The van der Waals surface area contributed by atoms with Crippen LogP contribution in [0.3, 0.4) is 0 Å². The van der Waals surface area contributed by atoms with Gasteiger partial charge in [0.2, 0.25) is 0 Å². The van der Waals surface area contributed by atoms with Crippen molar-refractivity contribution in [1.82, 2.24) is 9.97 Å². The first-order valence-electron chi connectivity index (χ1n) is 5.65. The molecular weight excluding hydrogens is 305 g/mol. The Morgan fingerprint density at radius 3 is 2.21 bits per heavy atom. The zero-order chi connectivity index (χ0) is 13.8. The topological polar surface area (TPSA) is 72.0 Å². The summed E-state index contributed by atoms with van der Waals surface area (Å²) in [6.07, 6.45) is 0. The van der Waals surface area contributed by atoms with Crippen molar-refractivity contribution in [2.24, 2.45) is 0 Å². The number of rotatable bonds is 3. The van der Waals surface area contributed by atoms with Crippen molar-refractivity contribution >= 4 is 31.9 Å². The van der Waals surface area contributed by atoms with Crippen LogP contribution in [0.15, 0.2) is 30.3 Å². The number of carbonyl (C=O) groups excluding carboxylic acids is 1. The van der Waals surface area contributed by atoms with E-state index in [1.165, 1.54) is 0 Å². The Balaban J connectivity index is 2.17. The number of amides is 1. The molecule has 1 N–H and O–H groups in total. The van der Waals surface area contributed by atoms with E-state index in [0.717, 1.165) is 15.7 Å². The fourth-order valence-corrected chi connectivity index (χ4v) is 2.20. The van der Waals surface area contributed by atoms with Crippen LogP contribution in [-0.4, -0.2) is 31.6 Å². The first kappa shape index (κ1) is 13.6. The Labute approximate surface area is 117 Å². The molecule has 0 spiro atoms. The van der Waals surface area contributed by atoms with Gasteiger partial charge in [-0.1, -0.05) is 0 Å². The van der Waals surface area contributed by atoms with Crippen molar-refractivity contribution in [1.29, 1.82) is 0 Å². The minimum absolute atomic E-state index is 0.279. The zero-order valence-corrected chi connectivity index (χ0v) is 12.4. The molecule has 6 heteroatoms. The van der Waals surface area contributed by atoms with Crippen LogP contribution in [0.2, 0.25) is 0 Å². The summed E-state index contributed by atoms with van der Waals surface area (Å²) in [7, 11) is 0. The normalized spacial score (nSPS) is 10.4. The molecule has 1 heterocycles. The van der Waals surface area contributed by atoms with E-state index in [0.29, 0.717) is 11.5 Å². The van der Waals surface area contributed by atoms with E-state index in [1.807, 2.05) is 19.9 Å². The van der Waals surface area contributed by atoms with Crippen molar-refractivity contribution in [3.63, 3.8) is 0 Å². The third-order valence-electron chi connectivity index (χ3n) is 2.44. The fraction of sp³-hybridized carbons (Fsp3) is 0.154. The predicted molar refractivity (Wildman–Crippen MR) is 72.0 cm³/mol. The van der Waals surface area contributed by atoms with Gasteiger partial charge < -0.3 is 0 Å². The summed E-state index contributed by atoms with van der Waals surface area (Å²) in [5, 5.41) is 2.65. The van der Waals surface area contributed by atoms with Crippen LogP contribution >= 0.6 is 0 Å². The van der Waals surface area contributed by atoms with Crippen LogP contribution in [-0.2, 0) is 3.74 Å². The maximum atomic E-state index is 12.0. The monoisotopic (exact) mass is 317 g/mol. The number of carbonyl (C=O) groups is 1. The second-order valence-electron chi connectivity index (χ2n) is 4.07. The number of anilines is 1. The van der Waals surface area contributed by atoms with E-state index in [9.17, 15) is 8.53 Å². The van der Waals surface area contributed by atoms with Crippen LogP contribution in [0, 0.1) is 13.8 Å². The van der Waals surface area contributed by atoms with Gasteiger partial charge in [-0.2, -0.15) is 0 Å². The van der Waals surface area contributed by atoms with E-state index in [4.69, 9.17) is 0 Å².